The first kappa shape index (κ1) is 41.1. The molecule has 0 amide bonds. The highest BCUT2D eigenvalue weighted by molar-refractivity contribution is 7.26. The van der Waals surface area contributed by atoms with Crippen molar-refractivity contribution in [1.82, 2.24) is 0 Å². The maximum absolute atomic E-state index is 2.55. The fourth-order valence-corrected chi connectivity index (χ4v) is 14.3. The van der Waals surface area contributed by atoms with Crippen LogP contribution in [-0.4, -0.2) is 0 Å². The van der Waals surface area contributed by atoms with Gasteiger partial charge in [-0.25, -0.2) is 0 Å². The predicted octanol–water partition coefficient (Wildman–Crippen LogP) is 18.7. The van der Waals surface area contributed by atoms with E-state index >= 15 is 0 Å². The summed E-state index contributed by atoms with van der Waals surface area (Å²) in [4.78, 5) is 5.00. The molecule has 72 heavy (non-hydrogen) atoms. The third-order valence-corrected chi connectivity index (χ3v) is 17.4. The Hall–Kier alpha value is -8.76. The highest BCUT2D eigenvalue weighted by Gasteiger charge is 2.52. The molecule has 338 valence electrons. The summed E-state index contributed by atoms with van der Waals surface area (Å²) in [5.41, 5.74) is 22.6. The third-order valence-electron chi connectivity index (χ3n) is 16.1. The zero-order valence-electron chi connectivity index (χ0n) is 39.6. The molecule has 11 aromatic carbocycles. The van der Waals surface area contributed by atoms with Crippen LogP contribution < -0.4 is 9.80 Å². The maximum Gasteiger partial charge on any atom is 0.0755 e. The van der Waals surface area contributed by atoms with Gasteiger partial charge in [-0.2, -0.15) is 0 Å². The molecule has 1 aromatic heterocycles. The molecule has 2 aliphatic carbocycles. The molecule has 3 heteroatoms. The largest absolute Gasteiger partial charge is 0.310 e. The number of thiophene rings is 1. The van der Waals surface area contributed by atoms with Crippen molar-refractivity contribution in [3.8, 4) is 33.4 Å². The summed E-state index contributed by atoms with van der Waals surface area (Å²) in [6.07, 6.45) is 0. The number of rotatable bonds is 6. The van der Waals surface area contributed by atoms with Crippen LogP contribution in [0.3, 0.4) is 0 Å². The summed E-state index contributed by atoms with van der Waals surface area (Å²) < 4.78 is 2.64. The molecule has 0 saturated heterocycles. The lowest BCUT2D eigenvalue weighted by Gasteiger charge is -2.45. The van der Waals surface area contributed by atoms with Crippen molar-refractivity contribution in [3.05, 3.63) is 300 Å². The summed E-state index contributed by atoms with van der Waals surface area (Å²) in [7, 11) is 0. The molecule has 1 aliphatic heterocycles. The quantitative estimate of drug-likeness (QED) is 0.164. The minimum atomic E-state index is -0.593. The van der Waals surface area contributed by atoms with Gasteiger partial charge in [0.1, 0.15) is 0 Å². The molecular weight excluding hydrogens is 889 g/mol. The topological polar surface area (TPSA) is 6.48 Å². The van der Waals surface area contributed by atoms with E-state index in [-0.39, 0.29) is 5.41 Å². The lowest BCUT2D eigenvalue weighted by Crippen LogP contribution is -2.36. The van der Waals surface area contributed by atoms with Crippen LogP contribution in [0.2, 0.25) is 0 Å². The van der Waals surface area contributed by atoms with Gasteiger partial charge in [0.25, 0.3) is 0 Å². The molecule has 0 N–H and O–H groups in total. The molecule has 0 saturated carbocycles. The van der Waals surface area contributed by atoms with E-state index in [1.165, 1.54) is 104 Å². The molecular formula is C69H46N2S. The number of hydrogen-bond donors (Lipinski definition) is 0. The molecule has 1 unspecified atom stereocenters. The van der Waals surface area contributed by atoms with Gasteiger partial charge in [0.05, 0.1) is 22.5 Å². The first-order valence-corrected chi connectivity index (χ1v) is 25.8. The van der Waals surface area contributed by atoms with Crippen molar-refractivity contribution < 1.29 is 0 Å². The van der Waals surface area contributed by atoms with Crippen molar-refractivity contribution in [3.63, 3.8) is 0 Å². The Kier molecular flexibility index (Phi) is 8.91. The fraction of sp³-hybridized carbons (Fsp3) is 0.0435. The van der Waals surface area contributed by atoms with Gasteiger partial charge in [-0.1, -0.05) is 200 Å². The minimum Gasteiger partial charge on any atom is -0.310 e. The Balaban J connectivity index is 0.985. The van der Waals surface area contributed by atoms with Crippen LogP contribution in [0, 0.1) is 0 Å². The molecule has 1 spiro atoms. The summed E-state index contributed by atoms with van der Waals surface area (Å²) >= 11 is 1.88. The van der Waals surface area contributed by atoms with Gasteiger partial charge in [-0.05, 0) is 134 Å². The standard InChI is InChI=1S/C69H46N2S/c1-68(46-20-4-2-5-21-46)56-29-11-8-24-51(56)52-43-42-49(44-61(52)68)70(48-40-38-45(39-41-48)50-27-18-28-54-53-25-10-17-37-65(53)72-67(50)54)64-36-19-33-60-66(64)55-26-9-12-30-57(55)69(60)58-31-13-15-34-62(58)71(47-22-6-3-7-23-47)63-35-16-14-32-59(63)69/h2-44H,1H3. The smallest absolute Gasteiger partial charge is 0.0755 e. The van der Waals surface area contributed by atoms with Crippen molar-refractivity contribution in [2.24, 2.45) is 0 Å². The zero-order chi connectivity index (χ0) is 47.5. The van der Waals surface area contributed by atoms with Gasteiger partial charge in [0, 0.05) is 48.2 Å². The molecule has 15 rings (SSSR count). The number of fused-ring (bicyclic) bond motifs is 15. The van der Waals surface area contributed by atoms with E-state index in [0.29, 0.717) is 0 Å². The number of hydrogen-bond acceptors (Lipinski definition) is 3. The van der Waals surface area contributed by atoms with E-state index in [1.54, 1.807) is 0 Å². The van der Waals surface area contributed by atoms with Crippen molar-refractivity contribution in [2.45, 2.75) is 17.8 Å². The van der Waals surface area contributed by atoms with Crippen LogP contribution in [0.1, 0.15) is 45.9 Å². The monoisotopic (exact) mass is 934 g/mol. The number of nitrogens with zero attached hydrogens (tertiary/aromatic N) is 2. The van der Waals surface area contributed by atoms with E-state index in [9.17, 15) is 0 Å². The van der Waals surface area contributed by atoms with Crippen molar-refractivity contribution in [2.75, 3.05) is 9.80 Å². The van der Waals surface area contributed by atoms with Crippen molar-refractivity contribution in [1.29, 1.82) is 0 Å². The van der Waals surface area contributed by atoms with Gasteiger partial charge in [0.15, 0.2) is 0 Å². The lowest BCUT2D eigenvalue weighted by atomic mass is 9.64. The maximum atomic E-state index is 2.55. The fourth-order valence-electron chi connectivity index (χ4n) is 13.1. The Labute approximate surface area is 424 Å². The molecule has 0 fully saturated rings. The normalized spacial score (nSPS) is 15.4. The SMILES string of the molecule is CC1(c2ccccc2)c2ccccc2-c2ccc(N(c3ccc(-c4cccc5c4sc4ccccc45)cc3)c3cccc4c3-c3ccccc3C43c4ccccc4N(c4ccccc4)c4ccccc43)cc21. The average Bonchev–Trinajstić information content (AvgIpc) is 4.07. The van der Waals surface area contributed by atoms with Gasteiger partial charge in [0.2, 0.25) is 0 Å². The van der Waals surface area contributed by atoms with E-state index in [4.69, 9.17) is 0 Å². The van der Waals surface area contributed by atoms with Crippen LogP contribution in [-0.2, 0) is 10.8 Å². The van der Waals surface area contributed by atoms with Crippen LogP contribution in [0.15, 0.2) is 261 Å². The second-order valence-corrected chi connectivity index (χ2v) is 20.7. The molecule has 0 radical (unpaired) electrons. The van der Waals surface area contributed by atoms with E-state index in [0.717, 1.165) is 22.7 Å². The van der Waals surface area contributed by atoms with Gasteiger partial charge in [-0.15, -0.1) is 11.3 Å². The Morgan fingerprint density at radius 3 is 1.71 bits per heavy atom. The Morgan fingerprint density at radius 2 is 0.944 bits per heavy atom. The van der Waals surface area contributed by atoms with Crippen LogP contribution in [0.5, 0.6) is 0 Å². The highest BCUT2D eigenvalue weighted by atomic mass is 32.1. The van der Waals surface area contributed by atoms with E-state index < -0.39 is 5.41 Å². The minimum absolute atomic E-state index is 0.364. The Morgan fingerprint density at radius 1 is 0.389 bits per heavy atom. The predicted molar refractivity (Wildman–Crippen MR) is 302 cm³/mol. The molecule has 3 aliphatic rings. The summed E-state index contributed by atoms with van der Waals surface area (Å²) in [6.45, 7) is 2.42. The van der Waals surface area contributed by atoms with Crippen LogP contribution in [0.4, 0.5) is 34.1 Å². The summed E-state index contributed by atoms with van der Waals surface area (Å²) in [5.74, 6) is 0. The van der Waals surface area contributed by atoms with Gasteiger partial charge >= 0.3 is 0 Å². The Bertz CT molecular complexity index is 4090. The first-order chi connectivity index (χ1) is 35.6. The van der Waals surface area contributed by atoms with E-state index in [2.05, 4.69) is 278 Å². The second kappa shape index (κ2) is 15.6. The molecule has 0 bridgehead atoms. The zero-order valence-corrected chi connectivity index (χ0v) is 40.4. The summed E-state index contributed by atoms with van der Waals surface area (Å²) in [5, 5.41) is 2.62. The third kappa shape index (κ3) is 5.60. The first-order valence-electron chi connectivity index (χ1n) is 25.0. The van der Waals surface area contributed by atoms with Crippen molar-refractivity contribution >= 4 is 65.6 Å². The van der Waals surface area contributed by atoms with E-state index in [1.807, 2.05) is 11.3 Å². The second-order valence-electron chi connectivity index (χ2n) is 19.6. The number of anilines is 6. The van der Waals surface area contributed by atoms with Crippen LogP contribution in [0.25, 0.3) is 53.6 Å². The molecule has 12 aromatic rings. The van der Waals surface area contributed by atoms with Gasteiger partial charge in [-0.3, -0.25) is 0 Å². The number of benzene rings is 11. The molecule has 2 heterocycles. The molecule has 2 nitrogen and oxygen atoms in total. The summed E-state index contributed by atoms with van der Waals surface area (Å²) in [6, 6.07) is 97.5. The van der Waals surface area contributed by atoms with Crippen LogP contribution >= 0.6 is 11.3 Å². The number of para-hydroxylation sites is 3. The highest BCUT2D eigenvalue weighted by Crippen LogP contribution is 2.65. The lowest BCUT2D eigenvalue weighted by molar-refractivity contribution is 0.714. The molecule has 1 atom stereocenters. The van der Waals surface area contributed by atoms with Gasteiger partial charge < -0.3 is 9.80 Å². The average molecular weight is 935 g/mol.